The highest BCUT2D eigenvalue weighted by molar-refractivity contribution is 5.82. The van der Waals surface area contributed by atoms with E-state index in [1.165, 1.54) is 7.11 Å². The second-order valence-electron chi connectivity index (χ2n) is 13.5. The highest BCUT2D eigenvalue weighted by Gasteiger charge is 2.32. The quantitative estimate of drug-likeness (QED) is 0.295. The predicted octanol–water partition coefficient (Wildman–Crippen LogP) is 5.48. The molecule has 1 aromatic carbocycles. The summed E-state index contributed by atoms with van der Waals surface area (Å²) in [6.45, 7) is 7.14. The minimum Gasteiger partial charge on any atom is -0.491 e. The molecule has 0 aliphatic carbocycles. The summed E-state index contributed by atoms with van der Waals surface area (Å²) in [6, 6.07) is 8.36. The monoisotopic (exact) mass is 668 g/mol. The molecule has 12 heteroatoms. The number of halogens is 1. The molecule has 2 aliphatic heterocycles. The van der Waals surface area contributed by atoms with Crippen LogP contribution in [0, 0.1) is 11.8 Å². The summed E-state index contributed by atoms with van der Waals surface area (Å²) in [6.07, 6.45) is 7.08. The van der Waals surface area contributed by atoms with Crippen LogP contribution in [0.1, 0.15) is 77.3 Å². The van der Waals surface area contributed by atoms with Crippen LogP contribution >= 0.6 is 0 Å². The number of alkyl halides is 1. The van der Waals surface area contributed by atoms with Crippen molar-refractivity contribution in [2.45, 2.75) is 77.4 Å². The number of hydrogen-bond donors (Lipinski definition) is 1. The Balaban J connectivity index is 1.32. The van der Waals surface area contributed by atoms with Crippen molar-refractivity contribution in [3.8, 4) is 16.9 Å². The smallest absolute Gasteiger partial charge is 0.410 e. The molecule has 11 nitrogen and oxygen atoms in total. The van der Waals surface area contributed by atoms with Crippen molar-refractivity contribution >= 4 is 23.9 Å². The number of nitrogens with zero attached hydrogens (tertiary/aromatic N) is 3. The van der Waals surface area contributed by atoms with Crippen LogP contribution in [-0.2, 0) is 23.9 Å². The molecule has 4 rings (SSSR count). The number of carbonyl (C=O) groups excluding carboxylic acids is 4. The lowest BCUT2D eigenvalue weighted by Gasteiger charge is -2.35. The largest absolute Gasteiger partial charge is 0.491 e. The third kappa shape index (κ3) is 10.9. The van der Waals surface area contributed by atoms with Gasteiger partial charge in [0.05, 0.1) is 25.5 Å². The van der Waals surface area contributed by atoms with E-state index in [1.54, 1.807) is 34.3 Å². The number of benzene rings is 1. The number of aromatic nitrogens is 1. The average molecular weight is 669 g/mol. The van der Waals surface area contributed by atoms with Crippen molar-refractivity contribution in [2.24, 2.45) is 11.8 Å². The molecule has 1 unspecified atom stereocenters. The molecule has 3 amide bonds. The number of rotatable bonds is 12. The SMILES string of the molecule is COC(=O)CC(NC(=O)[C@@H]1CCCN(C(=O)CCC2CCN(C(=O)OC(C)(C)C)CC2)C1)c1cncc(-c2ccc(OCCF)cc2)c1. The number of likely N-dealkylation sites (tertiary alicyclic amines) is 2. The van der Waals surface area contributed by atoms with Gasteiger partial charge >= 0.3 is 12.1 Å². The molecule has 2 aliphatic rings. The van der Waals surface area contributed by atoms with Gasteiger partial charge in [-0.1, -0.05) is 12.1 Å². The van der Waals surface area contributed by atoms with Gasteiger partial charge in [0.15, 0.2) is 0 Å². The summed E-state index contributed by atoms with van der Waals surface area (Å²) in [4.78, 5) is 59.4. The van der Waals surface area contributed by atoms with Gasteiger partial charge in [-0.3, -0.25) is 19.4 Å². The Morgan fingerprint density at radius 2 is 1.73 bits per heavy atom. The number of pyridine rings is 1. The number of ether oxygens (including phenoxy) is 3. The van der Waals surface area contributed by atoms with E-state index < -0.39 is 30.2 Å². The topological polar surface area (TPSA) is 127 Å². The van der Waals surface area contributed by atoms with Crippen molar-refractivity contribution in [2.75, 3.05) is 46.6 Å². The molecule has 1 aromatic heterocycles. The fourth-order valence-corrected chi connectivity index (χ4v) is 6.13. The van der Waals surface area contributed by atoms with Crippen molar-refractivity contribution < 1.29 is 37.8 Å². The van der Waals surface area contributed by atoms with Crippen molar-refractivity contribution in [3.63, 3.8) is 0 Å². The number of hydrogen-bond acceptors (Lipinski definition) is 8. The third-order valence-corrected chi connectivity index (χ3v) is 8.79. The van der Waals surface area contributed by atoms with Gasteiger partial charge in [0, 0.05) is 50.6 Å². The highest BCUT2D eigenvalue weighted by atomic mass is 19.1. The molecule has 0 saturated carbocycles. The average Bonchev–Trinajstić information content (AvgIpc) is 3.09. The Morgan fingerprint density at radius 1 is 1.00 bits per heavy atom. The van der Waals surface area contributed by atoms with Crippen LogP contribution in [-0.4, -0.2) is 90.8 Å². The van der Waals surface area contributed by atoms with Crippen molar-refractivity contribution in [1.82, 2.24) is 20.1 Å². The van der Waals surface area contributed by atoms with E-state index in [0.717, 1.165) is 30.4 Å². The Morgan fingerprint density at radius 3 is 2.40 bits per heavy atom. The number of methoxy groups -OCH3 is 1. The van der Waals surface area contributed by atoms with Crippen molar-refractivity contribution in [3.05, 3.63) is 48.3 Å². The molecular weight excluding hydrogens is 619 g/mol. The Hall–Kier alpha value is -4.22. The van der Waals surface area contributed by atoms with Gasteiger partial charge < -0.3 is 29.3 Å². The standard InChI is InChI=1S/C36H49FN4O7/c1-36(2,3)48-35(45)40-17-13-25(14-18-40)7-12-32(42)41-16-5-6-27(24-41)34(44)39-31(21-33(43)46-4)29-20-28(22-38-23-29)26-8-10-30(11-9-26)47-19-15-37/h8-11,20,22-23,25,27,31H,5-7,12-19,21,24H2,1-4H3,(H,39,44)/t27-,31?/m1/s1. The molecule has 2 saturated heterocycles. The van der Waals surface area contributed by atoms with Gasteiger partial charge in [0.25, 0.3) is 0 Å². The molecule has 3 heterocycles. The lowest BCUT2D eigenvalue weighted by molar-refractivity contribution is -0.141. The van der Waals surface area contributed by atoms with Gasteiger partial charge in [-0.25, -0.2) is 9.18 Å². The van der Waals surface area contributed by atoms with E-state index >= 15 is 0 Å². The van der Waals surface area contributed by atoms with E-state index in [1.807, 2.05) is 39.0 Å². The summed E-state index contributed by atoms with van der Waals surface area (Å²) < 4.78 is 28.2. The van der Waals surface area contributed by atoms with Crippen LogP contribution < -0.4 is 10.1 Å². The summed E-state index contributed by atoms with van der Waals surface area (Å²) >= 11 is 0. The van der Waals surface area contributed by atoms with Crippen LogP contribution in [0.4, 0.5) is 9.18 Å². The zero-order chi connectivity index (χ0) is 34.7. The fraction of sp³-hybridized carbons (Fsp3) is 0.583. The highest BCUT2D eigenvalue weighted by Crippen LogP contribution is 2.28. The molecule has 0 radical (unpaired) electrons. The molecule has 48 heavy (non-hydrogen) atoms. The van der Waals surface area contributed by atoms with E-state index in [0.29, 0.717) is 62.7 Å². The van der Waals surface area contributed by atoms with Gasteiger partial charge in [-0.2, -0.15) is 0 Å². The molecular formula is C36H49FN4O7. The molecule has 2 aromatic rings. The number of esters is 1. The fourth-order valence-electron chi connectivity index (χ4n) is 6.13. The second kappa shape index (κ2) is 17.3. The molecule has 2 atom stereocenters. The molecule has 2 fully saturated rings. The zero-order valence-corrected chi connectivity index (χ0v) is 28.5. The summed E-state index contributed by atoms with van der Waals surface area (Å²) in [5.41, 5.74) is 1.73. The number of carbonyl (C=O) groups is 4. The predicted molar refractivity (Wildman–Crippen MR) is 178 cm³/mol. The maximum Gasteiger partial charge on any atom is 0.410 e. The maximum atomic E-state index is 13.6. The van der Waals surface area contributed by atoms with Gasteiger partial charge in [-0.05, 0) is 88.1 Å². The maximum absolute atomic E-state index is 13.6. The summed E-state index contributed by atoms with van der Waals surface area (Å²) in [5, 5.41) is 3.03. The van der Waals surface area contributed by atoms with Crippen molar-refractivity contribution in [1.29, 1.82) is 0 Å². The van der Waals surface area contributed by atoms with Crippen LogP contribution in [0.15, 0.2) is 42.7 Å². The minimum absolute atomic E-state index is 0.0175. The normalized spacial score (nSPS) is 17.7. The lowest BCUT2D eigenvalue weighted by atomic mass is 9.91. The van der Waals surface area contributed by atoms with Gasteiger partial charge in [0.2, 0.25) is 11.8 Å². The zero-order valence-electron chi connectivity index (χ0n) is 28.5. The molecule has 262 valence electrons. The first kappa shape index (κ1) is 36.6. The van der Waals surface area contributed by atoms with E-state index in [-0.39, 0.29) is 30.9 Å². The number of piperidine rings is 2. The summed E-state index contributed by atoms with van der Waals surface area (Å²) in [5.74, 6) is -0.170. The minimum atomic E-state index is -0.679. The first-order valence-corrected chi connectivity index (χ1v) is 16.8. The Labute approximate surface area is 282 Å². The third-order valence-electron chi connectivity index (χ3n) is 8.79. The molecule has 0 spiro atoms. The van der Waals surface area contributed by atoms with E-state index in [4.69, 9.17) is 14.2 Å². The lowest BCUT2D eigenvalue weighted by Crippen LogP contribution is -2.46. The summed E-state index contributed by atoms with van der Waals surface area (Å²) in [7, 11) is 1.30. The van der Waals surface area contributed by atoms with Crippen LogP contribution in [0.3, 0.4) is 0 Å². The Kier molecular flexibility index (Phi) is 13.2. The van der Waals surface area contributed by atoms with E-state index in [9.17, 15) is 23.6 Å². The van der Waals surface area contributed by atoms with Crippen LogP contribution in [0.25, 0.3) is 11.1 Å². The second-order valence-corrected chi connectivity index (χ2v) is 13.5. The first-order valence-electron chi connectivity index (χ1n) is 16.8. The number of nitrogens with one attached hydrogen (secondary N) is 1. The van der Waals surface area contributed by atoms with Gasteiger partial charge in [-0.15, -0.1) is 0 Å². The molecule has 0 bridgehead atoms. The van der Waals surface area contributed by atoms with Crippen LogP contribution in [0.2, 0.25) is 0 Å². The van der Waals surface area contributed by atoms with Gasteiger partial charge in [0.1, 0.15) is 24.6 Å². The Bertz CT molecular complexity index is 1390. The van der Waals surface area contributed by atoms with E-state index in [2.05, 4.69) is 10.3 Å². The number of amides is 3. The van der Waals surface area contributed by atoms with Crippen LogP contribution in [0.5, 0.6) is 5.75 Å². The first-order chi connectivity index (χ1) is 23.0. The molecule has 1 N–H and O–H groups in total.